The summed E-state index contributed by atoms with van der Waals surface area (Å²) in [5.41, 5.74) is 2.42. The Bertz CT molecular complexity index is 755. The topological polar surface area (TPSA) is 79.8 Å². The molecule has 130 valence electrons. The maximum atomic E-state index is 12.3. The molecule has 2 aromatic rings. The Balaban J connectivity index is 2.05. The van der Waals surface area contributed by atoms with E-state index in [1.807, 2.05) is 6.92 Å². The Hall–Kier alpha value is -3.15. The van der Waals surface area contributed by atoms with Crippen LogP contribution < -0.4 is 10.6 Å². The Morgan fingerprint density at radius 1 is 1.08 bits per heavy atom. The van der Waals surface area contributed by atoms with Crippen LogP contribution in [0.15, 0.2) is 53.7 Å². The van der Waals surface area contributed by atoms with E-state index >= 15 is 0 Å². The van der Waals surface area contributed by atoms with E-state index in [4.69, 9.17) is 0 Å². The van der Waals surface area contributed by atoms with Crippen LogP contribution >= 0.6 is 0 Å². The highest BCUT2D eigenvalue weighted by molar-refractivity contribution is 6.05. The van der Waals surface area contributed by atoms with Gasteiger partial charge in [-0.3, -0.25) is 9.59 Å². The van der Waals surface area contributed by atoms with Crippen molar-refractivity contribution in [1.29, 1.82) is 0 Å². The molecule has 0 unspecified atom stereocenters. The van der Waals surface area contributed by atoms with Gasteiger partial charge in [-0.1, -0.05) is 30.3 Å². The van der Waals surface area contributed by atoms with Crippen molar-refractivity contribution >= 4 is 23.7 Å². The van der Waals surface area contributed by atoms with Crippen LogP contribution in [0.3, 0.4) is 0 Å². The maximum absolute atomic E-state index is 12.3. The molecule has 2 amide bonds. The predicted octanol–water partition coefficient (Wildman–Crippen LogP) is 3.06. The molecule has 0 heterocycles. The summed E-state index contributed by atoms with van der Waals surface area (Å²) in [6, 6.07) is 13.8. The number of nitrogens with one attached hydrogen (secondary N) is 2. The summed E-state index contributed by atoms with van der Waals surface area (Å²) in [5, 5.41) is 9.27. The Kier molecular flexibility index (Phi) is 6.71. The molecule has 0 spiro atoms. The van der Waals surface area contributed by atoms with Gasteiger partial charge in [-0.2, -0.15) is 0 Å². The first-order chi connectivity index (χ1) is 12.1. The van der Waals surface area contributed by atoms with Gasteiger partial charge in [0, 0.05) is 23.4 Å². The van der Waals surface area contributed by atoms with Crippen LogP contribution in [-0.2, 0) is 4.84 Å². The van der Waals surface area contributed by atoms with E-state index in [1.54, 1.807) is 54.7 Å². The molecular weight excluding hydrogens is 318 g/mol. The van der Waals surface area contributed by atoms with Gasteiger partial charge in [0.25, 0.3) is 11.8 Å². The minimum Gasteiger partial charge on any atom is -0.399 e. The minimum absolute atomic E-state index is 0.153. The number of carbonyl (C=O) groups excluding carboxylic acids is 2. The molecule has 6 heteroatoms. The third-order valence-corrected chi connectivity index (χ3v) is 3.40. The maximum Gasteiger partial charge on any atom is 0.255 e. The summed E-state index contributed by atoms with van der Waals surface area (Å²) in [6.45, 7) is 2.61. The summed E-state index contributed by atoms with van der Waals surface area (Å²) in [5.74, 6) is -0.402. The second-order valence-electron chi connectivity index (χ2n) is 5.33. The van der Waals surface area contributed by atoms with Gasteiger partial charge in [-0.15, -0.1) is 0 Å². The molecule has 0 aliphatic heterocycles. The number of oxime groups is 1. The van der Waals surface area contributed by atoms with Gasteiger partial charge in [0.1, 0.15) is 7.11 Å². The molecule has 0 aliphatic rings. The highest BCUT2D eigenvalue weighted by Crippen LogP contribution is 2.13. The van der Waals surface area contributed by atoms with Crippen LogP contribution in [0, 0.1) is 0 Å². The van der Waals surface area contributed by atoms with Crippen molar-refractivity contribution in [3.8, 4) is 0 Å². The van der Waals surface area contributed by atoms with Crippen LogP contribution in [0.25, 0.3) is 0 Å². The van der Waals surface area contributed by atoms with Gasteiger partial charge in [0.2, 0.25) is 0 Å². The largest absolute Gasteiger partial charge is 0.399 e. The normalized spacial score (nSPS) is 10.5. The Morgan fingerprint density at radius 2 is 1.84 bits per heavy atom. The molecule has 0 bridgehead atoms. The van der Waals surface area contributed by atoms with Crippen molar-refractivity contribution in [2.45, 2.75) is 13.3 Å². The van der Waals surface area contributed by atoms with E-state index in [0.29, 0.717) is 23.4 Å². The van der Waals surface area contributed by atoms with Crippen LogP contribution in [0.5, 0.6) is 0 Å². The summed E-state index contributed by atoms with van der Waals surface area (Å²) in [7, 11) is 1.47. The highest BCUT2D eigenvalue weighted by atomic mass is 16.6. The van der Waals surface area contributed by atoms with E-state index in [0.717, 1.165) is 12.0 Å². The van der Waals surface area contributed by atoms with Gasteiger partial charge in [0.05, 0.1) is 6.21 Å². The molecule has 2 N–H and O–H groups in total. The molecule has 2 aromatic carbocycles. The number of hydrogen-bond donors (Lipinski definition) is 2. The summed E-state index contributed by atoms with van der Waals surface area (Å²) < 4.78 is 0. The number of anilines is 1. The highest BCUT2D eigenvalue weighted by Gasteiger charge is 2.09. The molecule has 0 atom stereocenters. The molecule has 0 fully saturated rings. The molecule has 6 nitrogen and oxygen atoms in total. The number of rotatable bonds is 7. The van der Waals surface area contributed by atoms with E-state index < -0.39 is 0 Å². The molecular formula is C19H21N3O3. The van der Waals surface area contributed by atoms with Gasteiger partial charge in [-0.25, -0.2) is 0 Å². The molecule has 0 saturated carbocycles. The van der Waals surface area contributed by atoms with Crippen molar-refractivity contribution in [3.05, 3.63) is 65.2 Å². The second kappa shape index (κ2) is 9.22. The molecule has 0 aliphatic carbocycles. The van der Waals surface area contributed by atoms with Crippen molar-refractivity contribution < 1.29 is 14.4 Å². The fourth-order valence-corrected chi connectivity index (χ4v) is 2.12. The first-order valence-electron chi connectivity index (χ1n) is 8.00. The van der Waals surface area contributed by atoms with Crippen LogP contribution in [0.1, 0.15) is 39.6 Å². The molecule has 0 saturated heterocycles. The lowest BCUT2D eigenvalue weighted by Crippen LogP contribution is -2.24. The number of hydrogen-bond acceptors (Lipinski definition) is 4. The van der Waals surface area contributed by atoms with Crippen LogP contribution in [0.4, 0.5) is 5.69 Å². The van der Waals surface area contributed by atoms with E-state index in [2.05, 4.69) is 20.6 Å². The zero-order chi connectivity index (χ0) is 18.1. The second-order valence-corrected chi connectivity index (χ2v) is 5.33. The third-order valence-electron chi connectivity index (χ3n) is 3.40. The Labute approximate surface area is 146 Å². The third kappa shape index (κ3) is 5.46. The van der Waals surface area contributed by atoms with Gasteiger partial charge in [-0.05, 0) is 42.3 Å². The van der Waals surface area contributed by atoms with E-state index in [1.165, 1.54) is 7.11 Å². The van der Waals surface area contributed by atoms with Crippen molar-refractivity contribution in [2.75, 3.05) is 19.0 Å². The average Bonchev–Trinajstić information content (AvgIpc) is 2.65. The minimum atomic E-state index is -0.249. The van der Waals surface area contributed by atoms with Gasteiger partial charge < -0.3 is 15.5 Å². The zero-order valence-electron chi connectivity index (χ0n) is 14.3. The van der Waals surface area contributed by atoms with Crippen molar-refractivity contribution in [2.24, 2.45) is 5.16 Å². The fourth-order valence-electron chi connectivity index (χ4n) is 2.12. The average molecular weight is 339 g/mol. The fraction of sp³-hybridized carbons (Fsp3) is 0.211. The summed E-state index contributed by atoms with van der Waals surface area (Å²) in [4.78, 5) is 28.9. The SMILES string of the molecule is CCCNC(=O)c1cccc(NC(=O)c2ccc(/C=N/OC)cc2)c1. The van der Waals surface area contributed by atoms with E-state index in [-0.39, 0.29) is 11.8 Å². The number of amides is 2. The number of carbonyl (C=O) groups is 2. The molecule has 0 aromatic heterocycles. The van der Waals surface area contributed by atoms with Crippen molar-refractivity contribution in [3.63, 3.8) is 0 Å². The summed E-state index contributed by atoms with van der Waals surface area (Å²) >= 11 is 0. The lowest BCUT2D eigenvalue weighted by Gasteiger charge is -2.08. The quantitative estimate of drug-likeness (QED) is 0.601. The lowest BCUT2D eigenvalue weighted by molar-refractivity contribution is 0.0952. The lowest BCUT2D eigenvalue weighted by atomic mass is 10.1. The van der Waals surface area contributed by atoms with Crippen molar-refractivity contribution in [1.82, 2.24) is 5.32 Å². The van der Waals surface area contributed by atoms with Crippen LogP contribution in [0.2, 0.25) is 0 Å². The molecule has 25 heavy (non-hydrogen) atoms. The van der Waals surface area contributed by atoms with Crippen LogP contribution in [-0.4, -0.2) is 31.7 Å². The van der Waals surface area contributed by atoms with Gasteiger partial charge >= 0.3 is 0 Å². The number of nitrogens with zero attached hydrogens (tertiary/aromatic N) is 1. The monoisotopic (exact) mass is 339 g/mol. The number of benzene rings is 2. The molecule has 2 rings (SSSR count). The van der Waals surface area contributed by atoms with Gasteiger partial charge in [0.15, 0.2) is 0 Å². The summed E-state index contributed by atoms with van der Waals surface area (Å²) in [6.07, 6.45) is 2.42. The first-order valence-corrected chi connectivity index (χ1v) is 8.00. The zero-order valence-corrected chi connectivity index (χ0v) is 14.3. The standard InChI is InChI=1S/C19H21N3O3/c1-3-11-20-18(23)16-5-4-6-17(12-16)22-19(24)15-9-7-14(8-10-15)13-21-25-2/h4-10,12-13H,3,11H2,1-2H3,(H,20,23)(H,22,24)/b21-13+. The van der Waals surface area contributed by atoms with E-state index in [9.17, 15) is 9.59 Å². The molecule has 0 radical (unpaired) electrons. The first kappa shape index (κ1) is 18.2. The Morgan fingerprint density at radius 3 is 2.52 bits per heavy atom. The smallest absolute Gasteiger partial charge is 0.255 e. The predicted molar refractivity (Wildman–Crippen MR) is 98.1 cm³/mol.